The van der Waals surface area contributed by atoms with Crippen LogP contribution in [0.5, 0.6) is 0 Å². The molecule has 2 N–H and O–H groups in total. The Morgan fingerprint density at radius 3 is 2.74 bits per heavy atom. The van der Waals surface area contributed by atoms with Crippen LogP contribution in [0.1, 0.15) is 18.0 Å². The minimum absolute atomic E-state index is 0. The molecule has 0 amide bonds. The molecule has 0 bridgehead atoms. The van der Waals surface area contributed by atoms with Gasteiger partial charge in [-0.05, 0) is 15.8 Å². The summed E-state index contributed by atoms with van der Waals surface area (Å²) in [6, 6.07) is 0.0617. The van der Waals surface area contributed by atoms with Crippen LogP contribution in [0, 0.1) is 0 Å². The monoisotopic (exact) mass is 451 g/mol. The second-order valence-corrected chi connectivity index (χ2v) is 6.42. The van der Waals surface area contributed by atoms with Crippen LogP contribution in [0.25, 0.3) is 11.0 Å². The molecular weight excluding hydrogens is 430 g/mol. The minimum atomic E-state index is -0.441. The third-order valence-corrected chi connectivity index (χ3v) is 5.11. The number of hydrogen-bond acceptors (Lipinski definition) is 6. The van der Waals surface area contributed by atoms with Gasteiger partial charge in [-0.1, -0.05) is 9.39 Å². The molecule has 0 aliphatic carbocycles. The largest absolute Gasteiger partial charge is 0.400 e. The number of hydrogen-bond donors (Lipinski definition) is 2. The van der Waals surface area contributed by atoms with Crippen LogP contribution in [0.4, 0.5) is 0 Å². The Hall–Kier alpha value is 0.854. The van der Waals surface area contributed by atoms with Crippen LogP contribution in [-0.4, -0.2) is 55.1 Å². The van der Waals surface area contributed by atoms with Crippen LogP contribution >= 0.6 is 28.2 Å². The summed E-state index contributed by atoms with van der Waals surface area (Å²) in [4.78, 5) is 8.41. The molecule has 1 radical (unpaired) electrons. The molecule has 1 fully saturated rings. The van der Waals surface area contributed by atoms with Crippen molar-refractivity contribution in [2.75, 3.05) is 13.7 Å². The van der Waals surface area contributed by atoms with Crippen LogP contribution in [0.15, 0.2) is 18.7 Å². The molecule has 125 valence electrons. The Balaban J connectivity index is 0.000000849. The van der Waals surface area contributed by atoms with Gasteiger partial charge in [-0.2, -0.15) is 0 Å². The molecule has 6 atom stereocenters. The van der Waals surface area contributed by atoms with E-state index in [1.54, 1.807) is 6.20 Å². The average molecular weight is 451 g/mol. The number of rotatable bonds is 3. The first-order chi connectivity index (χ1) is 10.6. The molecule has 1 saturated heterocycles. The maximum Gasteiger partial charge on any atom is 0.116 e. The van der Waals surface area contributed by atoms with Gasteiger partial charge in [0, 0.05) is 67.1 Å². The van der Waals surface area contributed by atoms with Gasteiger partial charge < -0.3 is 19.1 Å². The Bertz CT molecular complexity index is 633. The van der Waals surface area contributed by atoms with E-state index in [1.165, 1.54) is 6.33 Å². The molecule has 11 heteroatoms. The van der Waals surface area contributed by atoms with E-state index in [0.29, 0.717) is 13.0 Å². The first-order valence-electron chi connectivity index (χ1n) is 6.67. The summed E-state index contributed by atoms with van der Waals surface area (Å²) in [7, 11) is 8.59. The van der Waals surface area contributed by atoms with Gasteiger partial charge in [0.15, 0.2) is 0 Å². The van der Waals surface area contributed by atoms with E-state index in [0.717, 1.165) is 23.7 Å². The Morgan fingerprint density at radius 2 is 2.09 bits per heavy atom. The number of nitrogens with zero attached hydrogens (tertiary/aromatic N) is 4. The molecule has 2 aromatic rings. The number of aromatic nitrogens is 3. The van der Waals surface area contributed by atoms with Crippen molar-refractivity contribution in [2.24, 2.45) is 0 Å². The molecule has 23 heavy (non-hydrogen) atoms. The zero-order valence-electron chi connectivity index (χ0n) is 12.8. The van der Waals surface area contributed by atoms with Crippen molar-refractivity contribution < 1.29 is 47.4 Å². The fraction of sp³-hybridized carbons (Fsp3) is 0.500. The van der Waals surface area contributed by atoms with Crippen LogP contribution in [0.3, 0.4) is 0 Å². The molecule has 1 aliphatic heterocycles. The van der Waals surface area contributed by atoms with Gasteiger partial charge in [0.25, 0.3) is 0 Å². The molecule has 3 rings (SSSR count). The van der Waals surface area contributed by atoms with E-state index in [4.69, 9.17) is 9.63 Å². The van der Waals surface area contributed by atoms with Crippen molar-refractivity contribution >= 4 is 39.3 Å². The fourth-order valence-electron chi connectivity index (χ4n) is 2.82. The molecule has 5 unspecified atom stereocenters. The fourth-order valence-corrected chi connectivity index (χ4v) is 3.96. The number of aliphatic hydroxyl groups excluding tert-OH is 2. The quantitative estimate of drug-likeness (QED) is 0.671. The predicted molar refractivity (Wildman–Crippen MR) is 95.1 cm³/mol. The van der Waals surface area contributed by atoms with Crippen molar-refractivity contribution in [1.29, 1.82) is 0 Å². The topological polar surface area (TPSA) is 83.6 Å². The molecule has 0 saturated carbocycles. The third-order valence-electron chi connectivity index (χ3n) is 3.75. The van der Waals surface area contributed by atoms with E-state index >= 15 is 0 Å². The van der Waals surface area contributed by atoms with Crippen LogP contribution < -0.4 is 0 Å². The number of aliphatic hydroxyl groups is 2. The van der Waals surface area contributed by atoms with Crippen molar-refractivity contribution in [1.82, 2.24) is 19.0 Å². The summed E-state index contributed by atoms with van der Waals surface area (Å²) in [6.45, 7) is 0.566. The molecule has 0 spiro atoms. The SMILES string of the molecule is CO.O[C@@H]1CC(COP)N(P)C1c1cn(P)c2cncnc12.[Y]. The summed E-state index contributed by atoms with van der Waals surface area (Å²) < 4.78 is 9.13. The summed E-state index contributed by atoms with van der Waals surface area (Å²) in [5.74, 6) is 0. The van der Waals surface area contributed by atoms with Gasteiger partial charge in [-0.15, -0.1) is 0 Å². The van der Waals surface area contributed by atoms with Gasteiger partial charge in [-0.3, -0.25) is 4.67 Å². The standard InChI is InChI=1S/C11H17N4O2P3.CH4O.Y/c16-9-1-6(4-17-20)15(19)11(9)7-3-14(18)8-2-12-5-13-10(7)8;1-2;/h2-3,5-6,9,11,16H,1,4,18-20H2;2H,1H3;/t6?,9-,11?;;/m1../s1. The van der Waals surface area contributed by atoms with Crippen molar-refractivity contribution in [3.05, 3.63) is 24.3 Å². The summed E-state index contributed by atoms with van der Waals surface area (Å²) in [6.07, 6.45) is 5.53. The van der Waals surface area contributed by atoms with Gasteiger partial charge in [0.2, 0.25) is 0 Å². The van der Waals surface area contributed by atoms with E-state index in [9.17, 15) is 5.11 Å². The Labute approximate surface area is 167 Å². The third kappa shape index (κ3) is 4.53. The zero-order valence-corrected chi connectivity index (χ0v) is 19.1. The molecule has 3 heterocycles. The average Bonchev–Trinajstić information content (AvgIpc) is 3.00. The molecular formula is C12H21N4O3P3Y. The summed E-state index contributed by atoms with van der Waals surface area (Å²) in [5, 5.41) is 17.4. The van der Waals surface area contributed by atoms with Gasteiger partial charge in [0.1, 0.15) is 6.33 Å². The van der Waals surface area contributed by atoms with Crippen LogP contribution in [-0.2, 0) is 37.2 Å². The minimum Gasteiger partial charge on any atom is -0.400 e. The first kappa shape index (κ1) is 21.9. The number of fused-ring (bicyclic) bond motifs is 1. The second-order valence-electron chi connectivity index (χ2n) is 4.93. The smallest absolute Gasteiger partial charge is 0.116 e. The maximum atomic E-state index is 10.4. The van der Waals surface area contributed by atoms with Crippen molar-refractivity contribution in [3.8, 4) is 0 Å². The zero-order chi connectivity index (χ0) is 16.3. The van der Waals surface area contributed by atoms with E-state index in [2.05, 4.69) is 42.9 Å². The molecule has 1 aliphatic rings. The van der Waals surface area contributed by atoms with Crippen LogP contribution in [0.2, 0.25) is 0 Å². The molecule has 0 aromatic carbocycles. The molecule has 7 nitrogen and oxygen atoms in total. The van der Waals surface area contributed by atoms with E-state index in [-0.39, 0.29) is 44.8 Å². The first-order valence-corrected chi connectivity index (χ1v) is 8.17. The van der Waals surface area contributed by atoms with Gasteiger partial charge >= 0.3 is 0 Å². The van der Waals surface area contributed by atoms with Gasteiger partial charge in [0.05, 0.1) is 36.0 Å². The van der Waals surface area contributed by atoms with E-state index < -0.39 is 6.10 Å². The Morgan fingerprint density at radius 1 is 1.39 bits per heavy atom. The summed E-state index contributed by atoms with van der Waals surface area (Å²) >= 11 is 0. The van der Waals surface area contributed by atoms with Crippen molar-refractivity contribution in [3.63, 3.8) is 0 Å². The molecule has 2 aromatic heterocycles. The van der Waals surface area contributed by atoms with Gasteiger partial charge in [-0.25, -0.2) is 9.97 Å². The normalized spacial score (nSPS) is 24.2. The second kappa shape index (κ2) is 10.1. The van der Waals surface area contributed by atoms with Crippen molar-refractivity contribution in [2.45, 2.75) is 24.6 Å². The summed E-state index contributed by atoms with van der Waals surface area (Å²) in [5.41, 5.74) is 2.81. The maximum absolute atomic E-state index is 10.4. The van der Waals surface area contributed by atoms with E-state index in [1.807, 2.05) is 10.5 Å². The predicted octanol–water partition coefficient (Wildman–Crippen LogP) is 0.749. The Kier molecular flexibility index (Phi) is 9.63.